The third-order valence-electron chi connectivity index (χ3n) is 4.15. The van der Waals surface area contributed by atoms with Crippen molar-refractivity contribution in [2.24, 2.45) is 0 Å². The van der Waals surface area contributed by atoms with Gasteiger partial charge in [0.2, 0.25) is 0 Å². The second-order valence-electron chi connectivity index (χ2n) is 5.34. The van der Waals surface area contributed by atoms with Crippen molar-refractivity contribution >= 4 is 5.78 Å². The molecule has 104 valence electrons. The average molecular weight is 263 g/mol. The van der Waals surface area contributed by atoms with Crippen LogP contribution >= 0.6 is 0 Å². The van der Waals surface area contributed by atoms with E-state index in [1.165, 1.54) is 25.0 Å². The van der Waals surface area contributed by atoms with Crippen LogP contribution in [0.2, 0.25) is 0 Å². The van der Waals surface area contributed by atoms with Crippen molar-refractivity contribution in [1.82, 2.24) is 4.90 Å². The van der Waals surface area contributed by atoms with E-state index in [0.29, 0.717) is 11.6 Å². The molecule has 0 saturated carbocycles. The molecule has 0 radical (unpaired) electrons. The maximum absolute atomic E-state index is 12.9. The fourth-order valence-electron chi connectivity index (χ4n) is 2.98. The zero-order valence-corrected chi connectivity index (χ0v) is 11.7. The van der Waals surface area contributed by atoms with E-state index >= 15 is 0 Å². The number of nitrogens with zero attached hydrogens (tertiary/aromatic N) is 1. The van der Waals surface area contributed by atoms with Crippen LogP contribution in [0.5, 0.6) is 0 Å². The van der Waals surface area contributed by atoms with E-state index in [-0.39, 0.29) is 17.6 Å². The van der Waals surface area contributed by atoms with Gasteiger partial charge in [-0.2, -0.15) is 0 Å². The lowest BCUT2D eigenvalue weighted by molar-refractivity contribution is 0.0661. The first-order valence-corrected chi connectivity index (χ1v) is 7.19. The van der Waals surface area contributed by atoms with Gasteiger partial charge in [-0.1, -0.05) is 13.3 Å². The van der Waals surface area contributed by atoms with Crippen LogP contribution in [0, 0.1) is 5.82 Å². The highest BCUT2D eigenvalue weighted by molar-refractivity contribution is 5.99. The van der Waals surface area contributed by atoms with Crippen LogP contribution < -0.4 is 0 Å². The van der Waals surface area contributed by atoms with E-state index in [1.54, 1.807) is 12.1 Å². The minimum absolute atomic E-state index is 0.0975. The number of carbonyl (C=O) groups is 1. The Labute approximate surface area is 114 Å². The summed E-state index contributed by atoms with van der Waals surface area (Å²) in [6, 6.07) is 6.27. The van der Waals surface area contributed by atoms with Crippen LogP contribution in [0.4, 0.5) is 4.39 Å². The summed E-state index contributed by atoms with van der Waals surface area (Å²) in [5.74, 6) is -0.200. The number of halogens is 1. The molecule has 0 aromatic heterocycles. The monoisotopic (exact) mass is 263 g/mol. The van der Waals surface area contributed by atoms with Gasteiger partial charge in [0.1, 0.15) is 5.82 Å². The van der Waals surface area contributed by atoms with Crippen LogP contribution in [-0.4, -0.2) is 29.3 Å². The van der Waals surface area contributed by atoms with Crippen molar-refractivity contribution in [2.45, 2.75) is 51.6 Å². The molecule has 19 heavy (non-hydrogen) atoms. The van der Waals surface area contributed by atoms with Crippen LogP contribution in [0.1, 0.15) is 49.9 Å². The number of benzene rings is 1. The Morgan fingerprint density at radius 1 is 1.37 bits per heavy atom. The Bertz CT molecular complexity index is 429. The van der Waals surface area contributed by atoms with E-state index in [1.807, 2.05) is 6.92 Å². The number of hydrogen-bond donors (Lipinski definition) is 0. The quantitative estimate of drug-likeness (QED) is 0.773. The van der Waals surface area contributed by atoms with Crippen molar-refractivity contribution in [1.29, 1.82) is 0 Å². The molecule has 1 fully saturated rings. The molecule has 0 N–H and O–H groups in total. The summed E-state index contributed by atoms with van der Waals surface area (Å²) in [5.41, 5.74) is 0.606. The van der Waals surface area contributed by atoms with Gasteiger partial charge in [0.15, 0.2) is 5.78 Å². The lowest BCUT2D eigenvalue weighted by Gasteiger charge is -2.38. The summed E-state index contributed by atoms with van der Waals surface area (Å²) in [6.07, 6.45) is 4.68. The van der Waals surface area contributed by atoms with Crippen LogP contribution in [0.25, 0.3) is 0 Å². The number of piperidine rings is 1. The summed E-state index contributed by atoms with van der Waals surface area (Å²) in [6.45, 7) is 5.14. The number of carbonyl (C=O) groups excluding carboxylic acids is 1. The molecule has 2 rings (SSSR count). The van der Waals surface area contributed by atoms with Gasteiger partial charge in [-0.05, 0) is 57.0 Å². The van der Waals surface area contributed by atoms with Crippen molar-refractivity contribution in [3.05, 3.63) is 35.6 Å². The highest BCUT2D eigenvalue weighted by Crippen LogP contribution is 2.23. The van der Waals surface area contributed by atoms with Crippen molar-refractivity contribution < 1.29 is 9.18 Å². The molecule has 2 unspecified atom stereocenters. The molecule has 1 aromatic carbocycles. The van der Waals surface area contributed by atoms with Crippen molar-refractivity contribution in [3.63, 3.8) is 0 Å². The van der Waals surface area contributed by atoms with Gasteiger partial charge in [0.05, 0.1) is 6.04 Å². The molecule has 0 bridgehead atoms. The van der Waals surface area contributed by atoms with Gasteiger partial charge in [-0.3, -0.25) is 9.69 Å². The van der Waals surface area contributed by atoms with E-state index < -0.39 is 0 Å². The fraction of sp³-hybridized carbons (Fsp3) is 0.562. The number of rotatable bonds is 4. The first-order chi connectivity index (χ1) is 9.13. The molecule has 0 amide bonds. The predicted octanol–water partition coefficient (Wildman–Crippen LogP) is 3.66. The van der Waals surface area contributed by atoms with Crippen LogP contribution in [0.3, 0.4) is 0 Å². The normalized spacial score (nSPS) is 22.2. The molecule has 0 spiro atoms. The molecular formula is C16H22FNO. The summed E-state index contributed by atoms with van der Waals surface area (Å²) in [5, 5.41) is 0. The van der Waals surface area contributed by atoms with Gasteiger partial charge < -0.3 is 0 Å². The molecule has 2 atom stereocenters. The highest BCUT2D eigenvalue weighted by Gasteiger charge is 2.29. The molecule has 1 aromatic rings. The standard InChI is InChI=1S/C16H22FNO/c1-3-15-6-4-5-11-18(15)12(2)16(19)13-7-9-14(17)10-8-13/h7-10,12,15H,3-6,11H2,1-2H3. The van der Waals surface area contributed by atoms with Gasteiger partial charge in [-0.15, -0.1) is 0 Å². The number of Topliss-reactive ketones (excluding diaryl/α,β-unsaturated/α-hetero) is 1. The van der Waals surface area contributed by atoms with Gasteiger partial charge >= 0.3 is 0 Å². The largest absolute Gasteiger partial charge is 0.292 e. The predicted molar refractivity (Wildman–Crippen MR) is 74.8 cm³/mol. The fourth-order valence-corrected chi connectivity index (χ4v) is 2.98. The first kappa shape index (κ1) is 14.2. The number of hydrogen-bond acceptors (Lipinski definition) is 2. The summed E-state index contributed by atoms with van der Waals surface area (Å²) < 4.78 is 12.9. The van der Waals surface area contributed by atoms with Gasteiger partial charge in [-0.25, -0.2) is 4.39 Å². The Morgan fingerprint density at radius 3 is 2.68 bits per heavy atom. The molecule has 1 aliphatic rings. The Balaban J connectivity index is 2.11. The molecule has 1 saturated heterocycles. The summed E-state index contributed by atoms with van der Waals surface area (Å²) in [4.78, 5) is 14.8. The van der Waals surface area contributed by atoms with Crippen molar-refractivity contribution in [2.75, 3.05) is 6.54 Å². The Kier molecular flexibility index (Phi) is 4.70. The molecule has 0 aliphatic carbocycles. The third-order valence-corrected chi connectivity index (χ3v) is 4.15. The highest BCUT2D eigenvalue weighted by atomic mass is 19.1. The summed E-state index contributed by atoms with van der Waals surface area (Å²) >= 11 is 0. The average Bonchev–Trinajstić information content (AvgIpc) is 2.46. The lowest BCUT2D eigenvalue weighted by Crippen LogP contribution is -2.48. The van der Waals surface area contributed by atoms with Gasteiger partial charge in [0, 0.05) is 11.6 Å². The molecule has 1 aliphatic heterocycles. The second kappa shape index (κ2) is 6.29. The minimum atomic E-state index is -0.298. The smallest absolute Gasteiger partial charge is 0.179 e. The lowest BCUT2D eigenvalue weighted by atomic mass is 9.95. The molecule has 2 nitrogen and oxygen atoms in total. The maximum atomic E-state index is 12.9. The second-order valence-corrected chi connectivity index (χ2v) is 5.34. The number of ketones is 1. The van der Waals surface area contributed by atoms with Crippen molar-refractivity contribution in [3.8, 4) is 0 Å². The molecular weight excluding hydrogens is 241 g/mol. The molecule has 3 heteroatoms. The van der Waals surface area contributed by atoms with Gasteiger partial charge in [0.25, 0.3) is 0 Å². The zero-order valence-electron chi connectivity index (χ0n) is 11.7. The minimum Gasteiger partial charge on any atom is -0.292 e. The number of likely N-dealkylation sites (tertiary alicyclic amines) is 1. The van der Waals surface area contributed by atoms with E-state index in [0.717, 1.165) is 19.4 Å². The SMILES string of the molecule is CCC1CCCCN1C(C)C(=O)c1ccc(F)cc1. The summed E-state index contributed by atoms with van der Waals surface area (Å²) in [7, 11) is 0. The maximum Gasteiger partial charge on any atom is 0.179 e. The van der Waals surface area contributed by atoms with Crippen LogP contribution in [0.15, 0.2) is 24.3 Å². The Morgan fingerprint density at radius 2 is 2.05 bits per heavy atom. The topological polar surface area (TPSA) is 20.3 Å². The zero-order chi connectivity index (χ0) is 13.8. The van der Waals surface area contributed by atoms with E-state index in [9.17, 15) is 9.18 Å². The third kappa shape index (κ3) is 3.21. The molecule has 1 heterocycles. The Hall–Kier alpha value is -1.22. The van der Waals surface area contributed by atoms with Crippen LogP contribution in [-0.2, 0) is 0 Å². The first-order valence-electron chi connectivity index (χ1n) is 7.19. The van der Waals surface area contributed by atoms with E-state index in [2.05, 4.69) is 11.8 Å². The van der Waals surface area contributed by atoms with E-state index in [4.69, 9.17) is 0 Å².